The Morgan fingerprint density at radius 1 is 1.14 bits per heavy atom. The molecule has 0 fully saturated rings. The molecule has 0 aromatic heterocycles. The average molecular weight is 308 g/mol. The number of allylic oxidation sites excluding steroid dienone is 2. The molecule has 0 heterocycles. The van der Waals surface area contributed by atoms with Gasteiger partial charge in [0.1, 0.15) is 0 Å². The first-order valence-corrected chi connectivity index (χ1v) is 6.69. The van der Waals surface area contributed by atoms with Gasteiger partial charge < -0.3 is 0 Å². The van der Waals surface area contributed by atoms with E-state index in [-0.39, 0.29) is 0 Å². The van der Waals surface area contributed by atoms with Gasteiger partial charge >= 0.3 is 0 Å². The molecular weight excluding hydrogens is 287 g/mol. The zero-order valence-corrected chi connectivity index (χ0v) is 11.5. The van der Waals surface area contributed by atoms with Gasteiger partial charge in [0.15, 0.2) is 5.78 Å². The SMILES string of the molecule is CCCCC/C=C(\I)C(=O)CCCC. The Hall–Kier alpha value is 0.140. The van der Waals surface area contributed by atoms with E-state index in [1.165, 1.54) is 19.3 Å². The first kappa shape index (κ1) is 14.1. The third kappa shape index (κ3) is 7.54. The monoisotopic (exact) mass is 308 g/mol. The van der Waals surface area contributed by atoms with Crippen LogP contribution in [-0.2, 0) is 4.79 Å². The Labute approximate surface area is 101 Å². The minimum Gasteiger partial charge on any atom is -0.294 e. The number of rotatable bonds is 8. The fraction of sp³-hybridized carbons (Fsp3) is 0.750. The maximum Gasteiger partial charge on any atom is 0.168 e. The van der Waals surface area contributed by atoms with E-state index in [0.29, 0.717) is 5.78 Å². The molecule has 0 aromatic rings. The number of Topliss-reactive ketones (excluding diaryl/α,β-unsaturated/α-hetero) is 1. The molecule has 0 rings (SSSR count). The summed E-state index contributed by atoms with van der Waals surface area (Å²) in [5.41, 5.74) is 0. The summed E-state index contributed by atoms with van der Waals surface area (Å²) in [6.45, 7) is 4.31. The largest absolute Gasteiger partial charge is 0.294 e. The summed E-state index contributed by atoms with van der Waals surface area (Å²) in [6.07, 6.45) is 9.72. The molecule has 0 saturated carbocycles. The Bertz CT molecular complexity index is 185. The zero-order valence-electron chi connectivity index (χ0n) is 9.31. The van der Waals surface area contributed by atoms with E-state index in [0.717, 1.165) is 29.3 Å². The Morgan fingerprint density at radius 2 is 1.79 bits per heavy atom. The maximum absolute atomic E-state index is 11.5. The first-order chi connectivity index (χ1) is 6.72. The molecule has 0 atom stereocenters. The Balaban J connectivity index is 3.68. The highest BCUT2D eigenvalue weighted by atomic mass is 127. The average Bonchev–Trinajstić information content (AvgIpc) is 2.20. The second-order valence-electron chi connectivity index (χ2n) is 3.57. The number of carbonyl (C=O) groups is 1. The highest BCUT2D eigenvalue weighted by Gasteiger charge is 2.03. The topological polar surface area (TPSA) is 17.1 Å². The second-order valence-corrected chi connectivity index (χ2v) is 4.74. The van der Waals surface area contributed by atoms with Gasteiger partial charge in [0, 0.05) is 6.42 Å². The zero-order chi connectivity index (χ0) is 10.8. The van der Waals surface area contributed by atoms with Crippen LogP contribution in [0.25, 0.3) is 0 Å². The van der Waals surface area contributed by atoms with Crippen molar-refractivity contribution in [1.29, 1.82) is 0 Å². The molecule has 0 aliphatic rings. The molecule has 0 saturated heterocycles. The molecule has 0 bridgehead atoms. The molecule has 82 valence electrons. The molecule has 0 aliphatic carbocycles. The van der Waals surface area contributed by atoms with Crippen LogP contribution in [0.5, 0.6) is 0 Å². The predicted octanol–water partition coefficient (Wildman–Crippen LogP) is 4.64. The van der Waals surface area contributed by atoms with Crippen LogP contribution in [0.3, 0.4) is 0 Å². The molecule has 0 aromatic carbocycles. The van der Waals surface area contributed by atoms with Crippen molar-refractivity contribution in [3.63, 3.8) is 0 Å². The summed E-state index contributed by atoms with van der Waals surface area (Å²) in [4.78, 5) is 11.5. The number of halogens is 1. The van der Waals surface area contributed by atoms with Gasteiger partial charge in [-0.05, 0) is 41.9 Å². The minimum absolute atomic E-state index is 0.323. The third-order valence-electron chi connectivity index (χ3n) is 2.15. The van der Waals surface area contributed by atoms with Gasteiger partial charge in [-0.15, -0.1) is 0 Å². The van der Waals surface area contributed by atoms with Gasteiger partial charge in [-0.3, -0.25) is 4.79 Å². The smallest absolute Gasteiger partial charge is 0.168 e. The van der Waals surface area contributed by atoms with Gasteiger partial charge in [0.25, 0.3) is 0 Å². The summed E-state index contributed by atoms with van der Waals surface area (Å²) >= 11 is 2.17. The van der Waals surface area contributed by atoms with Crippen molar-refractivity contribution in [3.8, 4) is 0 Å². The number of ketones is 1. The summed E-state index contributed by atoms with van der Waals surface area (Å²) in [6, 6.07) is 0. The van der Waals surface area contributed by atoms with E-state index in [4.69, 9.17) is 0 Å². The lowest BCUT2D eigenvalue weighted by Gasteiger charge is -1.98. The second kappa shape index (κ2) is 9.69. The van der Waals surface area contributed by atoms with Crippen LogP contribution in [0.1, 0.15) is 58.8 Å². The highest BCUT2D eigenvalue weighted by Crippen LogP contribution is 2.14. The minimum atomic E-state index is 0.323. The van der Waals surface area contributed by atoms with Crippen LogP contribution >= 0.6 is 22.6 Å². The van der Waals surface area contributed by atoms with Crippen molar-refractivity contribution in [2.45, 2.75) is 58.8 Å². The van der Waals surface area contributed by atoms with Crippen molar-refractivity contribution in [3.05, 3.63) is 9.66 Å². The van der Waals surface area contributed by atoms with Crippen molar-refractivity contribution in [1.82, 2.24) is 0 Å². The summed E-state index contributed by atoms with van der Waals surface area (Å²) in [7, 11) is 0. The Morgan fingerprint density at radius 3 is 2.36 bits per heavy atom. The number of hydrogen-bond donors (Lipinski definition) is 0. The van der Waals surface area contributed by atoms with Crippen molar-refractivity contribution in [2.24, 2.45) is 0 Å². The number of hydrogen-bond acceptors (Lipinski definition) is 1. The van der Waals surface area contributed by atoms with E-state index in [2.05, 4.69) is 42.5 Å². The summed E-state index contributed by atoms with van der Waals surface area (Å²) < 4.78 is 0.937. The third-order valence-corrected chi connectivity index (χ3v) is 3.20. The lowest BCUT2D eigenvalue weighted by atomic mass is 10.1. The van der Waals surface area contributed by atoms with E-state index in [9.17, 15) is 4.79 Å². The molecule has 2 heteroatoms. The first-order valence-electron chi connectivity index (χ1n) is 5.61. The quantitative estimate of drug-likeness (QED) is 0.362. The predicted molar refractivity (Wildman–Crippen MR) is 70.8 cm³/mol. The van der Waals surface area contributed by atoms with Gasteiger partial charge in [-0.25, -0.2) is 0 Å². The van der Waals surface area contributed by atoms with E-state index >= 15 is 0 Å². The molecule has 0 N–H and O–H groups in total. The highest BCUT2D eigenvalue weighted by molar-refractivity contribution is 14.1. The lowest BCUT2D eigenvalue weighted by molar-refractivity contribution is -0.114. The number of carbonyl (C=O) groups excluding carboxylic acids is 1. The molecule has 0 spiro atoms. The van der Waals surface area contributed by atoms with Crippen LogP contribution in [0.2, 0.25) is 0 Å². The fourth-order valence-electron chi connectivity index (χ4n) is 1.19. The molecule has 0 amide bonds. The van der Waals surface area contributed by atoms with E-state index in [1.807, 2.05) is 0 Å². The van der Waals surface area contributed by atoms with Gasteiger partial charge in [-0.2, -0.15) is 0 Å². The van der Waals surface area contributed by atoms with Crippen LogP contribution in [-0.4, -0.2) is 5.78 Å². The van der Waals surface area contributed by atoms with Crippen LogP contribution in [0.15, 0.2) is 9.66 Å². The van der Waals surface area contributed by atoms with E-state index in [1.54, 1.807) is 0 Å². The Kier molecular flexibility index (Phi) is 9.78. The van der Waals surface area contributed by atoms with Crippen LogP contribution in [0.4, 0.5) is 0 Å². The number of unbranched alkanes of at least 4 members (excludes halogenated alkanes) is 4. The molecule has 0 unspecified atom stereocenters. The van der Waals surface area contributed by atoms with Gasteiger partial charge in [-0.1, -0.05) is 39.2 Å². The molecular formula is C12H21IO. The summed E-state index contributed by atoms with van der Waals surface area (Å²) in [5.74, 6) is 0.323. The summed E-state index contributed by atoms with van der Waals surface area (Å²) in [5, 5.41) is 0. The van der Waals surface area contributed by atoms with Crippen molar-refractivity contribution < 1.29 is 4.79 Å². The fourth-order valence-corrected chi connectivity index (χ4v) is 1.77. The molecule has 14 heavy (non-hydrogen) atoms. The normalized spacial score (nSPS) is 11.8. The van der Waals surface area contributed by atoms with Gasteiger partial charge in [0.05, 0.1) is 3.58 Å². The van der Waals surface area contributed by atoms with Gasteiger partial charge in [0.2, 0.25) is 0 Å². The molecule has 0 radical (unpaired) electrons. The lowest BCUT2D eigenvalue weighted by Crippen LogP contribution is -1.96. The van der Waals surface area contributed by atoms with Crippen LogP contribution in [0, 0.1) is 0 Å². The molecule has 1 nitrogen and oxygen atoms in total. The van der Waals surface area contributed by atoms with Crippen LogP contribution < -0.4 is 0 Å². The van der Waals surface area contributed by atoms with Crippen molar-refractivity contribution >= 4 is 28.4 Å². The van der Waals surface area contributed by atoms with Crippen molar-refractivity contribution in [2.75, 3.05) is 0 Å². The molecule has 0 aliphatic heterocycles. The standard InChI is InChI=1S/C12H21IO/c1-3-5-7-8-9-11(13)12(14)10-6-4-2/h9H,3-8,10H2,1-2H3/b11-9-. The van der Waals surface area contributed by atoms with E-state index < -0.39 is 0 Å². The maximum atomic E-state index is 11.5.